The van der Waals surface area contributed by atoms with Gasteiger partial charge in [-0.1, -0.05) is 11.3 Å². The molecule has 1 atom stereocenters. The van der Waals surface area contributed by atoms with Crippen LogP contribution < -0.4 is 14.8 Å². The lowest BCUT2D eigenvalue weighted by molar-refractivity contribution is -0.117. The van der Waals surface area contributed by atoms with Crippen molar-refractivity contribution in [2.75, 3.05) is 18.7 Å². The minimum atomic E-state index is -3.46. The molecule has 23 heavy (non-hydrogen) atoms. The van der Waals surface area contributed by atoms with Crippen molar-refractivity contribution in [1.82, 2.24) is 14.9 Å². The number of carbonyl (C=O) groups excluding carboxylic acids is 1. The summed E-state index contributed by atoms with van der Waals surface area (Å²) in [6.45, 7) is 1.45. The highest BCUT2D eigenvalue weighted by molar-refractivity contribution is 7.88. The molecule has 2 N–H and O–H groups in total. The quantitative estimate of drug-likeness (QED) is 0.802. The summed E-state index contributed by atoms with van der Waals surface area (Å²) < 4.78 is 29.5. The van der Waals surface area contributed by atoms with E-state index < -0.39 is 22.0 Å². The first-order chi connectivity index (χ1) is 10.8. The van der Waals surface area contributed by atoms with Crippen LogP contribution in [0, 0.1) is 0 Å². The van der Waals surface area contributed by atoms with Gasteiger partial charge in [0.15, 0.2) is 0 Å². The Balaban J connectivity index is 2.05. The summed E-state index contributed by atoms with van der Waals surface area (Å²) in [5, 5.41) is 11.3. The zero-order valence-electron chi connectivity index (χ0n) is 12.7. The molecule has 2 rings (SSSR count). The normalized spacial score (nSPS) is 12.7. The largest absolute Gasteiger partial charge is 0.497 e. The number of amides is 1. The van der Waals surface area contributed by atoms with Gasteiger partial charge >= 0.3 is 0 Å². The van der Waals surface area contributed by atoms with Gasteiger partial charge in [0.2, 0.25) is 21.1 Å². The topological polar surface area (TPSA) is 110 Å². The second-order valence-corrected chi connectivity index (χ2v) is 7.50. The number of anilines is 1. The van der Waals surface area contributed by atoms with E-state index in [2.05, 4.69) is 20.2 Å². The van der Waals surface area contributed by atoms with Gasteiger partial charge < -0.3 is 4.74 Å². The molecule has 1 heterocycles. The van der Waals surface area contributed by atoms with Crippen LogP contribution in [0.4, 0.5) is 5.13 Å². The molecular formula is C13H16N4O4S2. The average molecular weight is 356 g/mol. The van der Waals surface area contributed by atoms with Gasteiger partial charge in [-0.25, -0.2) is 13.1 Å². The molecule has 0 saturated heterocycles. The van der Waals surface area contributed by atoms with Gasteiger partial charge in [0.1, 0.15) is 10.8 Å². The summed E-state index contributed by atoms with van der Waals surface area (Å²) in [6.07, 6.45) is 0.990. The number of aromatic nitrogens is 2. The minimum Gasteiger partial charge on any atom is -0.497 e. The van der Waals surface area contributed by atoms with E-state index in [9.17, 15) is 13.2 Å². The van der Waals surface area contributed by atoms with Crippen molar-refractivity contribution >= 4 is 32.4 Å². The first-order valence-electron chi connectivity index (χ1n) is 6.54. The Hall–Kier alpha value is -2.04. The predicted molar refractivity (Wildman–Crippen MR) is 88.0 cm³/mol. The first-order valence-corrected chi connectivity index (χ1v) is 9.25. The smallest absolute Gasteiger partial charge is 0.244 e. The number of sulfonamides is 1. The molecule has 0 aliphatic carbocycles. The van der Waals surface area contributed by atoms with Crippen LogP contribution in [0.15, 0.2) is 24.3 Å². The van der Waals surface area contributed by atoms with Crippen molar-refractivity contribution in [3.05, 3.63) is 24.3 Å². The van der Waals surface area contributed by atoms with E-state index >= 15 is 0 Å². The molecule has 2 aromatic rings. The fourth-order valence-corrected chi connectivity index (χ4v) is 3.21. The summed E-state index contributed by atoms with van der Waals surface area (Å²) in [7, 11) is -1.88. The molecule has 10 heteroatoms. The number of carbonyl (C=O) groups is 1. The Kier molecular flexibility index (Phi) is 5.29. The Morgan fingerprint density at radius 1 is 1.26 bits per heavy atom. The van der Waals surface area contributed by atoms with Crippen molar-refractivity contribution < 1.29 is 17.9 Å². The molecule has 1 aromatic carbocycles. The van der Waals surface area contributed by atoms with Crippen LogP contribution in [0.3, 0.4) is 0 Å². The zero-order chi connectivity index (χ0) is 17.0. The second-order valence-electron chi connectivity index (χ2n) is 4.74. The second kappa shape index (κ2) is 7.02. The summed E-state index contributed by atoms with van der Waals surface area (Å²) >= 11 is 1.19. The van der Waals surface area contributed by atoms with Gasteiger partial charge in [-0.05, 0) is 31.2 Å². The van der Waals surface area contributed by atoms with Crippen LogP contribution in [-0.4, -0.2) is 43.9 Å². The molecule has 1 aromatic heterocycles. The van der Waals surface area contributed by atoms with Crippen LogP contribution in [0.5, 0.6) is 5.75 Å². The summed E-state index contributed by atoms with van der Waals surface area (Å²) in [5.74, 6) is 0.223. The van der Waals surface area contributed by atoms with Crippen LogP contribution in [-0.2, 0) is 14.8 Å². The number of benzene rings is 1. The Bertz CT molecular complexity index is 787. The van der Waals surface area contributed by atoms with Crippen molar-refractivity contribution in [2.45, 2.75) is 13.0 Å². The maximum absolute atomic E-state index is 11.9. The fraction of sp³-hybridized carbons (Fsp3) is 0.308. The van der Waals surface area contributed by atoms with Crippen molar-refractivity contribution in [2.24, 2.45) is 0 Å². The summed E-state index contributed by atoms with van der Waals surface area (Å²) in [6, 6.07) is 6.36. The van der Waals surface area contributed by atoms with Gasteiger partial charge in [-0.3, -0.25) is 10.1 Å². The van der Waals surface area contributed by atoms with E-state index in [-0.39, 0.29) is 0 Å². The molecule has 8 nitrogen and oxygen atoms in total. The van der Waals surface area contributed by atoms with Gasteiger partial charge in [-0.15, -0.1) is 10.2 Å². The standard InChI is InChI=1S/C13H16N4O4S2/c1-8(17-23(3,19)20)11(18)14-13-16-15-12(22-13)9-4-6-10(21-2)7-5-9/h4-8,17H,1-3H3,(H,14,16,18)/t8-/m0/s1. The first kappa shape index (κ1) is 17.3. The SMILES string of the molecule is COc1ccc(-c2nnc(NC(=O)[C@H](C)NS(C)(=O)=O)s2)cc1. The lowest BCUT2D eigenvalue weighted by atomic mass is 10.2. The molecule has 0 bridgehead atoms. The van der Waals surface area contributed by atoms with Gasteiger partial charge in [0.25, 0.3) is 0 Å². The molecule has 0 saturated carbocycles. The zero-order valence-corrected chi connectivity index (χ0v) is 14.4. The number of hydrogen-bond donors (Lipinski definition) is 2. The Morgan fingerprint density at radius 3 is 2.48 bits per heavy atom. The number of rotatable bonds is 6. The van der Waals surface area contributed by atoms with Crippen molar-refractivity contribution in [3.63, 3.8) is 0 Å². The van der Waals surface area contributed by atoms with E-state index in [4.69, 9.17) is 4.74 Å². The van der Waals surface area contributed by atoms with Crippen LogP contribution >= 0.6 is 11.3 Å². The molecule has 0 aliphatic rings. The van der Waals surface area contributed by atoms with Crippen LogP contribution in [0.25, 0.3) is 10.6 Å². The van der Waals surface area contributed by atoms with Crippen LogP contribution in [0.1, 0.15) is 6.92 Å². The summed E-state index contributed by atoms with van der Waals surface area (Å²) in [4.78, 5) is 11.9. The number of methoxy groups -OCH3 is 1. The monoisotopic (exact) mass is 356 g/mol. The molecule has 0 unspecified atom stereocenters. The number of nitrogens with zero attached hydrogens (tertiary/aromatic N) is 2. The van der Waals surface area contributed by atoms with E-state index in [1.807, 2.05) is 12.1 Å². The Morgan fingerprint density at radius 2 is 1.91 bits per heavy atom. The van der Waals surface area contributed by atoms with Crippen LogP contribution in [0.2, 0.25) is 0 Å². The average Bonchev–Trinajstić information content (AvgIpc) is 2.94. The fourth-order valence-electron chi connectivity index (χ4n) is 1.71. The third kappa shape index (κ3) is 4.98. The van der Waals surface area contributed by atoms with Crippen molar-refractivity contribution in [3.8, 4) is 16.3 Å². The third-order valence-corrected chi connectivity index (χ3v) is 4.45. The van der Waals surface area contributed by atoms with Crippen molar-refractivity contribution in [1.29, 1.82) is 0 Å². The number of hydrogen-bond acceptors (Lipinski definition) is 7. The van der Waals surface area contributed by atoms with Gasteiger partial charge in [0, 0.05) is 5.56 Å². The molecule has 0 aliphatic heterocycles. The molecule has 124 valence electrons. The van der Waals surface area contributed by atoms with E-state index in [0.29, 0.717) is 10.1 Å². The molecular weight excluding hydrogens is 340 g/mol. The maximum Gasteiger partial charge on any atom is 0.244 e. The molecule has 0 spiro atoms. The maximum atomic E-state index is 11.9. The molecule has 1 amide bonds. The van der Waals surface area contributed by atoms with Gasteiger partial charge in [-0.2, -0.15) is 0 Å². The molecule has 0 radical (unpaired) electrons. The summed E-state index contributed by atoms with van der Waals surface area (Å²) in [5.41, 5.74) is 0.839. The lowest BCUT2D eigenvalue weighted by Gasteiger charge is -2.10. The number of ether oxygens (including phenoxy) is 1. The lowest BCUT2D eigenvalue weighted by Crippen LogP contribution is -2.40. The van der Waals surface area contributed by atoms with Gasteiger partial charge in [0.05, 0.1) is 19.4 Å². The highest BCUT2D eigenvalue weighted by atomic mass is 32.2. The highest BCUT2D eigenvalue weighted by Gasteiger charge is 2.18. The van der Waals surface area contributed by atoms with E-state index in [1.54, 1.807) is 19.2 Å². The third-order valence-electron chi connectivity index (χ3n) is 2.78. The predicted octanol–water partition coefficient (Wildman–Crippen LogP) is 1.09. The molecule has 0 fully saturated rings. The number of nitrogens with one attached hydrogen (secondary N) is 2. The van der Waals surface area contributed by atoms with E-state index in [0.717, 1.165) is 17.6 Å². The Labute approximate surface area is 137 Å². The minimum absolute atomic E-state index is 0.294. The highest BCUT2D eigenvalue weighted by Crippen LogP contribution is 2.27. The van der Waals surface area contributed by atoms with E-state index in [1.165, 1.54) is 18.3 Å².